The first-order valence-electron chi connectivity index (χ1n) is 5.31. The van der Waals surface area contributed by atoms with Crippen molar-refractivity contribution in [1.82, 2.24) is 0 Å². The maximum atomic E-state index is 11.3. The minimum Gasteiger partial charge on any atom is -0.295 e. The highest BCUT2D eigenvalue weighted by Crippen LogP contribution is 2.25. The highest BCUT2D eigenvalue weighted by molar-refractivity contribution is 6.42. The molecular weight excluding hydrogens is 243 g/mol. The van der Waals surface area contributed by atoms with Crippen molar-refractivity contribution in [3.05, 3.63) is 45.5 Å². The van der Waals surface area contributed by atoms with E-state index in [1.807, 2.05) is 12.1 Å². The summed E-state index contributed by atoms with van der Waals surface area (Å²) in [4.78, 5) is 11.3. The van der Waals surface area contributed by atoms with Crippen molar-refractivity contribution in [3.63, 3.8) is 0 Å². The second-order valence-corrected chi connectivity index (χ2v) is 4.86. The quantitative estimate of drug-likeness (QED) is 0.773. The molecule has 0 aromatic heterocycles. The third-order valence-corrected chi connectivity index (χ3v) is 3.44. The van der Waals surface area contributed by atoms with Crippen molar-refractivity contribution in [1.29, 1.82) is 0 Å². The number of carbonyl (C=O) groups excluding carboxylic acids is 1. The van der Waals surface area contributed by atoms with Gasteiger partial charge in [0.1, 0.15) is 0 Å². The molecule has 1 aliphatic carbocycles. The molecule has 0 aliphatic heterocycles. The molecule has 2 rings (SSSR count). The van der Waals surface area contributed by atoms with Gasteiger partial charge in [-0.25, -0.2) is 0 Å². The summed E-state index contributed by atoms with van der Waals surface area (Å²) in [5, 5.41) is 1.14. The van der Waals surface area contributed by atoms with E-state index in [2.05, 4.69) is 0 Å². The number of halogens is 2. The normalized spacial score (nSPS) is 16.1. The van der Waals surface area contributed by atoms with E-state index in [9.17, 15) is 4.79 Å². The number of allylic oxidation sites excluding steroid dienone is 2. The Morgan fingerprint density at radius 1 is 1.12 bits per heavy atom. The first kappa shape index (κ1) is 11.7. The van der Waals surface area contributed by atoms with E-state index in [1.165, 1.54) is 5.57 Å². The van der Waals surface area contributed by atoms with Gasteiger partial charge in [-0.3, -0.25) is 4.79 Å². The highest BCUT2D eigenvalue weighted by atomic mass is 35.5. The van der Waals surface area contributed by atoms with E-state index in [-0.39, 0.29) is 5.78 Å². The maximum Gasteiger partial charge on any atom is 0.155 e. The van der Waals surface area contributed by atoms with Crippen molar-refractivity contribution < 1.29 is 4.79 Å². The van der Waals surface area contributed by atoms with Gasteiger partial charge in [-0.05, 0) is 43.0 Å². The van der Waals surface area contributed by atoms with Crippen LogP contribution in [0.25, 0.3) is 0 Å². The molecule has 1 nitrogen and oxygen atoms in total. The van der Waals surface area contributed by atoms with Crippen LogP contribution in [-0.2, 0) is 11.2 Å². The molecule has 0 saturated heterocycles. The molecule has 0 heterocycles. The van der Waals surface area contributed by atoms with Crippen LogP contribution in [-0.4, -0.2) is 5.78 Å². The Bertz CT molecular complexity index is 449. The van der Waals surface area contributed by atoms with Crippen LogP contribution in [0.15, 0.2) is 29.8 Å². The largest absolute Gasteiger partial charge is 0.295 e. The number of benzene rings is 1. The van der Waals surface area contributed by atoms with Gasteiger partial charge in [0.25, 0.3) is 0 Å². The molecule has 0 N–H and O–H groups in total. The molecule has 0 fully saturated rings. The fourth-order valence-electron chi connectivity index (χ4n) is 1.91. The fourth-order valence-corrected chi connectivity index (χ4v) is 2.23. The molecule has 1 aliphatic rings. The Morgan fingerprint density at radius 2 is 1.94 bits per heavy atom. The highest BCUT2D eigenvalue weighted by Gasteiger charge is 2.10. The van der Waals surface area contributed by atoms with Gasteiger partial charge in [0, 0.05) is 6.42 Å². The molecular formula is C13H12Cl2O. The molecule has 0 atom stereocenters. The molecule has 84 valence electrons. The van der Waals surface area contributed by atoms with Gasteiger partial charge in [-0.1, -0.05) is 34.8 Å². The fraction of sp³-hybridized carbons (Fsp3) is 0.308. The Hall–Kier alpha value is -0.790. The molecule has 0 saturated carbocycles. The number of ketones is 1. The minimum atomic E-state index is 0.237. The standard InChI is InChI=1S/C13H12Cl2O/c14-12-5-4-10(8-13(12)15)6-9-2-1-3-11(16)7-9/h4-5,7-8H,1-3,6H2. The van der Waals surface area contributed by atoms with Crippen molar-refractivity contribution in [3.8, 4) is 0 Å². The molecule has 0 unspecified atom stereocenters. The van der Waals surface area contributed by atoms with E-state index in [4.69, 9.17) is 23.2 Å². The van der Waals surface area contributed by atoms with Crippen LogP contribution in [0.2, 0.25) is 10.0 Å². The Balaban J connectivity index is 2.14. The van der Waals surface area contributed by atoms with Gasteiger partial charge in [0.05, 0.1) is 10.0 Å². The van der Waals surface area contributed by atoms with Crippen LogP contribution in [0.3, 0.4) is 0 Å². The SMILES string of the molecule is O=C1C=C(Cc2ccc(Cl)c(Cl)c2)CCC1. The monoisotopic (exact) mass is 254 g/mol. The van der Waals surface area contributed by atoms with Crippen LogP contribution in [0.4, 0.5) is 0 Å². The molecule has 1 aromatic carbocycles. The van der Waals surface area contributed by atoms with E-state index in [0.29, 0.717) is 16.5 Å². The number of carbonyl (C=O) groups is 1. The summed E-state index contributed by atoms with van der Waals surface area (Å²) in [6.45, 7) is 0. The van der Waals surface area contributed by atoms with Gasteiger partial charge < -0.3 is 0 Å². The molecule has 16 heavy (non-hydrogen) atoms. The van der Waals surface area contributed by atoms with Crippen LogP contribution < -0.4 is 0 Å². The second-order valence-electron chi connectivity index (χ2n) is 4.05. The van der Waals surface area contributed by atoms with Crippen molar-refractivity contribution in [2.45, 2.75) is 25.7 Å². The van der Waals surface area contributed by atoms with E-state index >= 15 is 0 Å². The van der Waals surface area contributed by atoms with Crippen LogP contribution in [0.5, 0.6) is 0 Å². The lowest BCUT2D eigenvalue weighted by Crippen LogP contribution is -2.04. The average Bonchev–Trinajstić information content (AvgIpc) is 2.24. The molecule has 1 aromatic rings. The second kappa shape index (κ2) is 5.03. The van der Waals surface area contributed by atoms with Gasteiger partial charge >= 0.3 is 0 Å². The zero-order valence-electron chi connectivity index (χ0n) is 8.80. The molecule has 0 amide bonds. The topological polar surface area (TPSA) is 17.1 Å². The van der Waals surface area contributed by atoms with Gasteiger partial charge in [0.2, 0.25) is 0 Å². The number of hydrogen-bond acceptors (Lipinski definition) is 1. The summed E-state index contributed by atoms with van der Waals surface area (Å²) >= 11 is 11.8. The van der Waals surface area contributed by atoms with E-state index < -0.39 is 0 Å². The van der Waals surface area contributed by atoms with Gasteiger partial charge in [-0.15, -0.1) is 0 Å². The summed E-state index contributed by atoms with van der Waals surface area (Å²) in [5.41, 5.74) is 2.30. The summed E-state index contributed by atoms with van der Waals surface area (Å²) in [7, 11) is 0. The zero-order valence-corrected chi connectivity index (χ0v) is 10.3. The Kier molecular flexibility index (Phi) is 3.67. The van der Waals surface area contributed by atoms with E-state index in [0.717, 1.165) is 24.8 Å². The summed E-state index contributed by atoms with van der Waals surface area (Å²) in [5.74, 6) is 0.237. The molecule has 3 heteroatoms. The van der Waals surface area contributed by atoms with Crippen LogP contribution >= 0.6 is 23.2 Å². The van der Waals surface area contributed by atoms with Crippen molar-refractivity contribution >= 4 is 29.0 Å². The summed E-state index contributed by atoms with van der Waals surface area (Å²) < 4.78 is 0. The van der Waals surface area contributed by atoms with Crippen LogP contribution in [0, 0.1) is 0 Å². The van der Waals surface area contributed by atoms with Gasteiger partial charge in [-0.2, -0.15) is 0 Å². The summed E-state index contributed by atoms with van der Waals surface area (Å²) in [6, 6.07) is 5.61. The average molecular weight is 255 g/mol. The van der Waals surface area contributed by atoms with Crippen molar-refractivity contribution in [2.24, 2.45) is 0 Å². The molecule has 0 bridgehead atoms. The minimum absolute atomic E-state index is 0.237. The van der Waals surface area contributed by atoms with E-state index in [1.54, 1.807) is 12.1 Å². The summed E-state index contributed by atoms with van der Waals surface area (Å²) in [6.07, 6.45) is 5.22. The molecule has 0 spiro atoms. The smallest absolute Gasteiger partial charge is 0.155 e. The predicted molar refractivity (Wildman–Crippen MR) is 67.1 cm³/mol. The lowest BCUT2D eigenvalue weighted by atomic mass is 9.93. The Morgan fingerprint density at radius 3 is 2.62 bits per heavy atom. The lowest BCUT2D eigenvalue weighted by molar-refractivity contribution is -0.115. The van der Waals surface area contributed by atoms with Crippen LogP contribution in [0.1, 0.15) is 24.8 Å². The van der Waals surface area contributed by atoms with Crippen molar-refractivity contribution in [2.75, 3.05) is 0 Å². The number of hydrogen-bond donors (Lipinski definition) is 0. The first-order valence-corrected chi connectivity index (χ1v) is 6.07. The lowest BCUT2D eigenvalue weighted by Gasteiger charge is -2.12. The third kappa shape index (κ3) is 2.87. The third-order valence-electron chi connectivity index (χ3n) is 2.70. The number of rotatable bonds is 2. The molecule has 0 radical (unpaired) electrons. The van der Waals surface area contributed by atoms with Gasteiger partial charge in [0.15, 0.2) is 5.78 Å². The zero-order chi connectivity index (χ0) is 11.5. The first-order chi connectivity index (χ1) is 7.65. The maximum absolute atomic E-state index is 11.3. The predicted octanol–water partition coefficient (Wildman–Crippen LogP) is 4.22. The Labute approximate surface area is 105 Å².